The highest BCUT2D eigenvalue weighted by molar-refractivity contribution is 5.78. The van der Waals surface area contributed by atoms with E-state index in [4.69, 9.17) is 0 Å². The molecule has 0 atom stereocenters. The number of benzene rings is 1. The van der Waals surface area contributed by atoms with Crippen molar-refractivity contribution in [1.82, 2.24) is 29.6 Å². The SMILES string of the molecule is Cc1nc2n(c(=O)c1O)CCN(CC(=O)N1CCN(C)CC1)C2(C)C.O=CNCc1ccc(F)cc1. The predicted molar refractivity (Wildman–Crippen MR) is 133 cm³/mol. The Kier molecular flexibility index (Phi) is 8.80. The van der Waals surface area contributed by atoms with Crippen molar-refractivity contribution in [3.8, 4) is 5.75 Å². The van der Waals surface area contributed by atoms with Gasteiger partial charge in [0, 0.05) is 45.8 Å². The molecule has 0 bridgehead atoms. The third-order valence-corrected chi connectivity index (χ3v) is 6.74. The lowest BCUT2D eigenvalue weighted by atomic mass is 9.98. The molecular weight excluding hydrogens is 467 g/mol. The lowest BCUT2D eigenvalue weighted by Gasteiger charge is -2.43. The maximum atomic E-state index is 12.7. The third kappa shape index (κ3) is 6.27. The summed E-state index contributed by atoms with van der Waals surface area (Å²) < 4.78 is 13.8. The van der Waals surface area contributed by atoms with Gasteiger partial charge in [0.15, 0.2) is 0 Å². The molecular formula is C25H35FN6O4. The van der Waals surface area contributed by atoms with Crippen LogP contribution in [0.1, 0.15) is 30.9 Å². The molecule has 36 heavy (non-hydrogen) atoms. The molecule has 3 heterocycles. The minimum Gasteiger partial charge on any atom is -0.502 e. The van der Waals surface area contributed by atoms with Crippen molar-refractivity contribution in [2.24, 2.45) is 0 Å². The van der Waals surface area contributed by atoms with Gasteiger partial charge in [-0.15, -0.1) is 0 Å². The van der Waals surface area contributed by atoms with Crippen LogP contribution in [0, 0.1) is 12.7 Å². The van der Waals surface area contributed by atoms with Gasteiger partial charge in [0.2, 0.25) is 18.1 Å². The monoisotopic (exact) mass is 502 g/mol. The zero-order valence-corrected chi connectivity index (χ0v) is 21.3. The summed E-state index contributed by atoms with van der Waals surface area (Å²) in [6.07, 6.45) is 0.614. The Hall–Kier alpha value is -3.31. The van der Waals surface area contributed by atoms with E-state index in [-0.39, 0.29) is 17.5 Å². The molecule has 1 aromatic carbocycles. The first kappa shape index (κ1) is 27.3. The number of piperazine rings is 1. The second-order valence-electron chi connectivity index (χ2n) is 9.62. The van der Waals surface area contributed by atoms with Gasteiger partial charge in [-0.1, -0.05) is 12.1 Å². The van der Waals surface area contributed by atoms with Gasteiger partial charge in [-0.05, 0) is 45.5 Å². The van der Waals surface area contributed by atoms with Crippen LogP contribution in [0.25, 0.3) is 0 Å². The van der Waals surface area contributed by atoms with Crippen LogP contribution < -0.4 is 10.9 Å². The van der Waals surface area contributed by atoms with Crippen molar-refractivity contribution in [3.05, 3.63) is 57.5 Å². The van der Waals surface area contributed by atoms with Crippen molar-refractivity contribution in [2.75, 3.05) is 46.3 Å². The average Bonchev–Trinajstić information content (AvgIpc) is 2.85. The Morgan fingerprint density at radius 3 is 2.39 bits per heavy atom. The van der Waals surface area contributed by atoms with Gasteiger partial charge in [0.1, 0.15) is 11.6 Å². The van der Waals surface area contributed by atoms with Crippen LogP contribution in [0.3, 0.4) is 0 Å². The number of carbonyl (C=O) groups is 2. The maximum absolute atomic E-state index is 12.7. The van der Waals surface area contributed by atoms with Crippen LogP contribution in [-0.2, 0) is 28.2 Å². The lowest BCUT2D eigenvalue weighted by molar-refractivity contribution is -0.136. The average molecular weight is 503 g/mol. The molecule has 2 aromatic rings. The van der Waals surface area contributed by atoms with Crippen LogP contribution in [0.5, 0.6) is 5.75 Å². The highest BCUT2D eigenvalue weighted by Crippen LogP contribution is 2.30. The Balaban J connectivity index is 0.000000275. The minimum absolute atomic E-state index is 0.118. The quantitative estimate of drug-likeness (QED) is 0.578. The number of amides is 2. The molecule has 1 aromatic heterocycles. The van der Waals surface area contributed by atoms with Gasteiger partial charge in [-0.25, -0.2) is 9.37 Å². The molecule has 0 spiro atoms. The van der Waals surface area contributed by atoms with E-state index in [0.717, 1.165) is 31.7 Å². The predicted octanol–water partition coefficient (Wildman–Crippen LogP) is 0.654. The number of carbonyl (C=O) groups excluding carboxylic acids is 2. The van der Waals surface area contributed by atoms with E-state index in [2.05, 4.69) is 27.1 Å². The Morgan fingerprint density at radius 1 is 1.14 bits per heavy atom. The number of aromatic hydroxyl groups is 1. The molecule has 0 aliphatic carbocycles. The van der Waals surface area contributed by atoms with Crippen molar-refractivity contribution in [1.29, 1.82) is 0 Å². The number of hydrogen-bond donors (Lipinski definition) is 2. The fraction of sp³-hybridized carbons (Fsp3) is 0.520. The first-order chi connectivity index (χ1) is 17.0. The highest BCUT2D eigenvalue weighted by Gasteiger charge is 2.39. The number of rotatable bonds is 5. The van der Waals surface area contributed by atoms with Crippen LogP contribution >= 0.6 is 0 Å². The fourth-order valence-corrected chi connectivity index (χ4v) is 4.32. The zero-order valence-electron chi connectivity index (χ0n) is 21.3. The van der Waals surface area contributed by atoms with Crippen molar-refractivity contribution >= 4 is 12.3 Å². The van der Waals surface area contributed by atoms with E-state index in [9.17, 15) is 23.9 Å². The largest absolute Gasteiger partial charge is 0.502 e. The smallest absolute Gasteiger partial charge is 0.296 e. The van der Waals surface area contributed by atoms with Crippen LogP contribution in [0.4, 0.5) is 4.39 Å². The van der Waals surface area contributed by atoms with E-state index >= 15 is 0 Å². The number of nitrogens with zero attached hydrogens (tertiary/aromatic N) is 5. The summed E-state index contributed by atoms with van der Waals surface area (Å²) in [4.78, 5) is 45.5. The Bertz CT molecular complexity index is 1130. The molecule has 1 fully saturated rings. The lowest BCUT2D eigenvalue weighted by Crippen LogP contribution is -2.57. The Labute approximate surface area is 210 Å². The first-order valence-electron chi connectivity index (χ1n) is 12.0. The second kappa shape index (κ2) is 11.6. The maximum Gasteiger partial charge on any atom is 0.296 e. The molecule has 10 nitrogen and oxygen atoms in total. The summed E-state index contributed by atoms with van der Waals surface area (Å²) in [6.45, 7) is 10.6. The van der Waals surface area contributed by atoms with Crippen LogP contribution in [0.15, 0.2) is 29.1 Å². The molecule has 0 unspecified atom stereocenters. The van der Waals surface area contributed by atoms with Crippen LogP contribution in [-0.4, -0.2) is 88.0 Å². The number of aromatic nitrogens is 2. The van der Waals surface area contributed by atoms with Gasteiger partial charge in [-0.2, -0.15) is 0 Å². The summed E-state index contributed by atoms with van der Waals surface area (Å²) in [7, 11) is 2.06. The van der Waals surface area contributed by atoms with E-state index in [1.165, 1.54) is 16.7 Å². The standard InChI is InChI=1S/C17H27N5O3.C8H8FNO/c1-12-14(24)15(25)22-10-9-21(17(2,3)16(22)18-12)11-13(23)20-7-5-19(4)6-8-20;9-8-3-1-7(2-4-8)5-10-6-11/h24H,5-11H2,1-4H3;1-4,6H,5H2,(H,10,11). The van der Waals surface area contributed by atoms with Crippen molar-refractivity contribution in [3.63, 3.8) is 0 Å². The normalized spacial score (nSPS) is 17.5. The summed E-state index contributed by atoms with van der Waals surface area (Å²) >= 11 is 0. The molecule has 11 heteroatoms. The number of aryl methyl sites for hydroxylation is 1. The highest BCUT2D eigenvalue weighted by atomic mass is 19.1. The molecule has 2 aliphatic rings. The molecule has 4 rings (SSSR count). The fourth-order valence-electron chi connectivity index (χ4n) is 4.32. The van der Waals surface area contributed by atoms with E-state index in [1.54, 1.807) is 19.1 Å². The second-order valence-corrected chi connectivity index (χ2v) is 9.62. The number of halogens is 1. The molecule has 2 aliphatic heterocycles. The van der Waals surface area contributed by atoms with Crippen LogP contribution in [0.2, 0.25) is 0 Å². The molecule has 0 saturated carbocycles. The Morgan fingerprint density at radius 2 is 1.78 bits per heavy atom. The summed E-state index contributed by atoms with van der Waals surface area (Å²) in [6, 6.07) is 5.99. The van der Waals surface area contributed by atoms with Crippen molar-refractivity contribution < 1.29 is 19.1 Å². The number of fused-ring (bicyclic) bond motifs is 1. The summed E-state index contributed by atoms with van der Waals surface area (Å²) in [5.74, 6) is 0.166. The third-order valence-electron chi connectivity index (χ3n) is 6.74. The van der Waals surface area contributed by atoms with Gasteiger partial charge in [-0.3, -0.25) is 23.9 Å². The van der Waals surface area contributed by atoms with Gasteiger partial charge >= 0.3 is 0 Å². The zero-order chi connectivity index (χ0) is 26.5. The molecule has 196 valence electrons. The molecule has 0 radical (unpaired) electrons. The summed E-state index contributed by atoms with van der Waals surface area (Å²) in [5, 5.41) is 12.3. The molecule has 2 amide bonds. The minimum atomic E-state index is -0.557. The van der Waals surface area contributed by atoms with Gasteiger partial charge in [0.05, 0.1) is 17.8 Å². The number of nitrogens with one attached hydrogen (secondary N) is 1. The van der Waals surface area contributed by atoms with Crippen molar-refractivity contribution in [2.45, 2.75) is 39.4 Å². The topological polar surface area (TPSA) is 111 Å². The van der Waals surface area contributed by atoms with E-state index in [0.29, 0.717) is 44.1 Å². The number of hydrogen-bond acceptors (Lipinski definition) is 7. The van der Waals surface area contributed by atoms with E-state index in [1.807, 2.05) is 18.7 Å². The first-order valence-corrected chi connectivity index (χ1v) is 12.0. The van der Waals surface area contributed by atoms with Gasteiger partial charge in [0.25, 0.3) is 5.56 Å². The molecule has 1 saturated heterocycles. The van der Waals surface area contributed by atoms with E-state index < -0.39 is 11.1 Å². The molecule has 2 N–H and O–H groups in total. The number of likely N-dealkylation sites (N-methyl/N-ethyl adjacent to an activating group) is 1. The van der Waals surface area contributed by atoms with Gasteiger partial charge < -0.3 is 20.2 Å². The summed E-state index contributed by atoms with van der Waals surface area (Å²) in [5.41, 5.74) is 0.258.